The van der Waals surface area contributed by atoms with E-state index in [2.05, 4.69) is 62.7 Å². The van der Waals surface area contributed by atoms with Crippen LogP contribution in [-0.2, 0) is 13.0 Å². The summed E-state index contributed by atoms with van der Waals surface area (Å²) in [6.07, 6.45) is 7.32. The third-order valence-electron chi connectivity index (χ3n) is 4.49. The van der Waals surface area contributed by atoms with E-state index < -0.39 is 0 Å². The molecule has 0 spiro atoms. The van der Waals surface area contributed by atoms with Crippen LogP contribution in [0.1, 0.15) is 42.6 Å². The number of hydrogen-bond acceptors (Lipinski definition) is 4. The van der Waals surface area contributed by atoms with Gasteiger partial charge in [0, 0.05) is 31.9 Å². The van der Waals surface area contributed by atoms with E-state index >= 15 is 0 Å². The summed E-state index contributed by atoms with van der Waals surface area (Å²) < 4.78 is 2.09. The largest absolute Gasteiger partial charge is 0.352 e. The van der Waals surface area contributed by atoms with E-state index in [1.54, 1.807) is 0 Å². The van der Waals surface area contributed by atoms with Gasteiger partial charge in [-0.1, -0.05) is 31.2 Å². The molecular weight excluding hydrogens is 286 g/mol. The molecule has 1 aliphatic rings. The van der Waals surface area contributed by atoms with Crippen LogP contribution >= 0.6 is 0 Å². The van der Waals surface area contributed by atoms with Crippen LogP contribution in [0, 0.1) is 0 Å². The summed E-state index contributed by atoms with van der Waals surface area (Å²) in [7, 11) is 2.06. The SMILES string of the molecule is CCc1ccc(CN(C)c2nccn3c(C4CC4)nnc23)cc1. The van der Waals surface area contributed by atoms with Crippen molar-refractivity contribution in [3.05, 3.63) is 53.6 Å². The molecular formula is C18H21N5. The summed E-state index contributed by atoms with van der Waals surface area (Å²) >= 11 is 0. The number of nitrogens with zero attached hydrogens (tertiary/aromatic N) is 5. The number of aryl methyl sites for hydroxylation is 1. The van der Waals surface area contributed by atoms with Crippen LogP contribution in [0.4, 0.5) is 5.82 Å². The van der Waals surface area contributed by atoms with Crippen LogP contribution < -0.4 is 4.90 Å². The quantitative estimate of drug-likeness (QED) is 0.726. The number of fused-ring (bicyclic) bond motifs is 1. The lowest BCUT2D eigenvalue weighted by Gasteiger charge is -2.18. The van der Waals surface area contributed by atoms with Crippen LogP contribution in [0.15, 0.2) is 36.7 Å². The second-order valence-electron chi connectivity index (χ2n) is 6.30. The molecule has 0 atom stereocenters. The minimum Gasteiger partial charge on any atom is -0.352 e. The summed E-state index contributed by atoms with van der Waals surface area (Å²) in [4.78, 5) is 6.67. The molecule has 0 unspecified atom stereocenters. The van der Waals surface area contributed by atoms with Gasteiger partial charge in [-0.05, 0) is 30.4 Å². The van der Waals surface area contributed by atoms with Crippen molar-refractivity contribution < 1.29 is 0 Å². The zero-order valence-corrected chi connectivity index (χ0v) is 13.6. The van der Waals surface area contributed by atoms with Crippen molar-refractivity contribution in [2.75, 3.05) is 11.9 Å². The zero-order chi connectivity index (χ0) is 15.8. The Balaban J connectivity index is 1.62. The van der Waals surface area contributed by atoms with Gasteiger partial charge in [0.15, 0.2) is 5.82 Å². The molecule has 2 heterocycles. The Morgan fingerprint density at radius 1 is 1.13 bits per heavy atom. The van der Waals surface area contributed by atoms with E-state index in [-0.39, 0.29) is 0 Å². The van der Waals surface area contributed by atoms with Crippen LogP contribution in [0.5, 0.6) is 0 Å². The van der Waals surface area contributed by atoms with Crippen LogP contribution in [0.25, 0.3) is 5.65 Å². The molecule has 3 aromatic rings. The van der Waals surface area contributed by atoms with Crippen molar-refractivity contribution in [1.29, 1.82) is 0 Å². The molecule has 4 rings (SSSR count). The van der Waals surface area contributed by atoms with Gasteiger partial charge in [-0.25, -0.2) is 4.98 Å². The fourth-order valence-corrected chi connectivity index (χ4v) is 2.95. The van der Waals surface area contributed by atoms with Gasteiger partial charge in [-0.2, -0.15) is 0 Å². The summed E-state index contributed by atoms with van der Waals surface area (Å²) in [6, 6.07) is 8.77. The monoisotopic (exact) mass is 307 g/mol. The van der Waals surface area contributed by atoms with Gasteiger partial charge in [-0.3, -0.25) is 4.40 Å². The van der Waals surface area contributed by atoms with Crippen molar-refractivity contribution in [1.82, 2.24) is 19.6 Å². The maximum absolute atomic E-state index is 4.53. The van der Waals surface area contributed by atoms with Crippen molar-refractivity contribution >= 4 is 11.5 Å². The van der Waals surface area contributed by atoms with E-state index in [1.165, 1.54) is 24.0 Å². The molecule has 1 saturated carbocycles. The molecule has 0 bridgehead atoms. The first kappa shape index (κ1) is 14.2. The summed E-state index contributed by atoms with van der Waals surface area (Å²) in [5.41, 5.74) is 3.49. The molecule has 2 aromatic heterocycles. The van der Waals surface area contributed by atoms with E-state index in [1.807, 2.05) is 12.4 Å². The molecule has 0 aliphatic heterocycles. The van der Waals surface area contributed by atoms with Gasteiger partial charge in [0.05, 0.1) is 0 Å². The summed E-state index contributed by atoms with van der Waals surface area (Å²) in [6.45, 7) is 2.98. The molecule has 0 radical (unpaired) electrons. The smallest absolute Gasteiger partial charge is 0.203 e. The molecule has 23 heavy (non-hydrogen) atoms. The van der Waals surface area contributed by atoms with Crippen LogP contribution in [0.3, 0.4) is 0 Å². The molecule has 5 heteroatoms. The number of rotatable bonds is 5. The predicted octanol–water partition coefficient (Wildman–Crippen LogP) is 3.20. The summed E-state index contributed by atoms with van der Waals surface area (Å²) in [5.74, 6) is 2.53. The normalized spacial score (nSPS) is 14.3. The average Bonchev–Trinajstić information content (AvgIpc) is 3.34. The van der Waals surface area contributed by atoms with E-state index in [0.717, 1.165) is 30.3 Å². The highest BCUT2D eigenvalue weighted by atomic mass is 15.3. The van der Waals surface area contributed by atoms with E-state index in [9.17, 15) is 0 Å². The van der Waals surface area contributed by atoms with Crippen molar-refractivity contribution in [2.45, 2.75) is 38.6 Å². The first-order valence-electron chi connectivity index (χ1n) is 8.25. The van der Waals surface area contributed by atoms with Gasteiger partial charge >= 0.3 is 0 Å². The standard InChI is InChI=1S/C18H21N5/c1-3-13-4-6-14(7-5-13)12-22(2)17-18-21-20-16(15-8-9-15)23(18)11-10-19-17/h4-7,10-11,15H,3,8-9,12H2,1-2H3. The zero-order valence-electron chi connectivity index (χ0n) is 13.6. The molecule has 1 fully saturated rings. The van der Waals surface area contributed by atoms with Gasteiger partial charge in [-0.15, -0.1) is 10.2 Å². The average molecular weight is 307 g/mol. The van der Waals surface area contributed by atoms with Gasteiger partial charge in [0.25, 0.3) is 0 Å². The highest BCUT2D eigenvalue weighted by Crippen LogP contribution is 2.39. The molecule has 1 aromatic carbocycles. The minimum atomic E-state index is 0.576. The Morgan fingerprint density at radius 2 is 1.87 bits per heavy atom. The van der Waals surface area contributed by atoms with Crippen LogP contribution in [-0.4, -0.2) is 26.6 Å². The maximum Gasteiger partial charge on any atom is 0.203 e. The fourth-order valence-electron chi connectivity index (χ4n) is 2.95. The maximum atomic E-state index is 4.53. The highest BCUT2D eigenvalue weighted by molar-refractivity contribution is 5.63. The molecule has 5 nitrogen and oxygen atoms in total. The fraction of sp³-hybridized carbons (Fsp3) is 0.389. The second-order valence-corrected chi connectivity index (χ2v) is 6.30. The third-order valence-corrected chi connectivity index (χ3v) is 4.49. The lowest BCUT2D eigenvalue weighted by molar-refractivity contribution is 0.877. The first-order chi connectivity index (χ1) is 11.3. The number of benzene rings is 1. The topological polar surface area (TPSA) is 46.3 Å². The van der Waals surface area contributed by atoms with E-state index in [0.29, 0.717) is 5.92 Å². The highest BCUT2D eigenvalue weighted by Gasteiger charge is 2.29. The Kier molecular flexibility index (Phi) is 3.48. The van der Waals surface area contributed by atoms with Gasteiger partial charge in [0.1, 0.15) is 5.82 Å². The molecule has 1 aliphatic carbocycles. The number of hydrogen-bond donors (Lipinski definition) is 0. The second kappa shape index (κ2) is 5.65. The minimum absolute atomic E-state index is 0.576. The Morgan fingerprint density at radius 3 is 2.57 bits per heavy atom. The molecule has 0 saturated heterocycles. The van der Waals surface area contributed by atoms with Gasteiger partial charge < -0.3 is 4.90 Å². The molecule has 0 amide bonds. The lowest BCUT2D eigenvalue weighted by Crippen LogP contribution is -2.18. The number of aromatic nitrogens is 4. The van der Waals surface area contributed by atoms with E-state index in [4.69, 9.17) is 0 Å². The number of anilines is 1. The molecule has 118 valence electrons. The van der Waals surface area contributed by atoms with Crippen molar-refractivity contribution in [2.24, 2.45) is 0 Å². The Bertz CT molecular complexity index is 817. The van der Waals surface area contributed by atoms with Gasteiger partial charge in [0.2, 0.25) is 5.65 Å². The Labute approximate surface area is 136 Å². The first-order valence-corrected chi connectivity index (χ1v) is 8.25. The molecule has 0 N–H and O–H groups in total. The third kappa shape index (κ3) is 2.67. The van der Waals surface area contributed by atoms with Crippen LogP contribution in [0.2, 0.25) is 0 Å². The summed E-state index contributed by atoms with van der Waals surface area (Å²) in [5, 5.41) is 8.76. The lowest BCUT2D eigenvalue weighted by atomic mass is 10.1. The Hall–Kier alpha value is -2.43. The van der Waals surface area contributed by atoms with Crippen molar-refractivity contribution in [3.8, 4) is 0 Å². The predicted molar refractivity (Wildman–Crippen MR) is 90.7 cm³/mol. The van der Waals surface area contributed by atoms with Crippen molar-refractivity contribution in [3.63, 3.8) is 0 Å².